The molecule has 4 aromatic rings. The highest BCUT2D eigenvalue weighted by Crippen LogP contribution is 2.24. The summed E-state index contributed by atoms with van der Waals surface area (Å²) in [6.45, 7) is 2.35. The third-order valence-electron chi connectivity index (χ3n) is 5.16. The van der Waals surface area contributed by atoms with Crippen molar-refractivity contribution in [3.05, 3.63) is 95.6 Å². The van der Waals surface area contributed by atoms with Crippen molar-refractivity contribution >= 4 is 23.1 Å². The number of rotatable bonds is 7. The van der Waals surface area contributed by atoms with Gasteiger partial charge in [0.15, 0.2) is 0 Å². The largest absolute Gasteiger partial charge is 0.497 e. The molecule has 172 valence electrons. The second-order valence-electron chi connectivity index (χ2n) is 7.65. The van der Waals surface area contributed by atoms with E-state index in [1.54, 1.807) is 19.2 Å². The van der Waals surface area contributed by atoms with Gasteiger partial charge in [-0.3, -0.25) is 4.79 Å². The molecule has 1 amide bonds. The molecule has 4 N–H and O–H groups in total. The van der Waals surface area contributed by atoms with Gasteiger partial charge in [0.1, 0.15) is 23.2 Å². The van der Waals surface area contributed by atoms with Crippen LogP contribution in [0.1, 0.15) is 21.7 Å². The number of nitrogens with one attached hydrogen (secondary N) is 2. The molecule has 8 heteroatoms. The Morgan fingerprint density at radius 2 is 1.82 bits per heavy atom. The van der Waals surface area contributed by atoms with Gasteiger partial charge in [-0.15, -0.1) is 0 Å². The van der Waals surface area contributed by atoms with Crippen molar-refractivity contribution in [2.75, 3.05) is 23.5 Å². The second kappa shape index (κ2) is 9.99. The lowest BCUT2D eigenvalue weighted by Crippen LogP contribution is -2.13. The van der Waals surface area contributed by atoms with Crippen LogP contribution >= 0.6 is 0 Å². The molecular weight excluding hydrogens is 433 g/mol. The van der Waals surface area contributed by atoms with Crippen LogP contribution in [-0.2, 0) is 6.54 Å². The van der Waals surface area contributed by atoms with E-state index in [4.69, 9.17) is 10.5 Å². The Morgan fingerprint density at radius 1 is 1.03 bits per heavy atom. The number of aromatic nitrogens is 2. The molecule has 0 saturated heterocycles. The molecule has 0 radical (unpaired) electrons. The van der Waals surface area contributed by atoms with Gasteiger partial charge in [-0.05, 0) is 55.0 Å². The summed E-state index contributed by atoms with van der Waals surface area (Å²) in [5.41, 5.74) is 9.45. The Kier molecular flexibility index (Phi) is 6.68. The zero-order chi connectivity index (χ0) is 24.1. The van der Waals surface area contributed by atoms with Crippen LogP contribution in [0.25, 0.3) is 11.3 Å². The monoisotopic (exact) mass is 457 g/mol. The van der Waals surface area contributed by atoms with Gasteiger partial charge < -0.3 is 21.1 Å². The van der Waals surface area contributed by atoms with Gasteiger partial charge >= 0.3 is 0 Å². The Balaban J connectivity index is 1.43. The summed E-state index contributed by atoms with van der Waals surface area (Å²) in [6.07, 6.45) is 0. The van der Waals surface area contributed by atoms with Crippen molar-refractivity contribution in [3.63, 3.8) is 0 Å². The summed E-state index contributed by atoms with van der Waals surface area (Å²) in [7, 11) is 1.63. The summed E-state index contributed by atoms with van der Waals surface area (Å²) in [6, 6.07) is 20.5. The van der Waals surface area contributed by atoms with Crippen LogP contribution in [0.3, 0.4) is 0 Å². The molecule has 0 aliphatic rings. The van der Waals surface area contributed by atoms with E-state index in [9.17, 15) is 9.18 Å². The lowest BCUT2D eigenvalue weighted by atomic mass is 10.1. The van der Waals surface area contributed by atoms with Crippen LogP contribution in [-0.4, -0.2) is 23.0 Å². The average Bonchev–Trinajstić information content (AvgIpc) is 2.85. The Bertz CT molecular complexity index is 1330. The van der Waals surface area contributed by atoms with Crippen LogP contribution in [0.4, 0.5) is 21.6 Å². The first-order chi connectivity index (χ1) is 16.4. The number of methoxy groups -OCH3 is 1. The molecule has 0 aliphatic carbocycles. The highest BCUT2D eigenvalue weighted by atomic mass is 19.1. The Morgan fingerprint density at radius 3 is 2.59 bits per heavy atom. The predicted molar refractivity (Wildman–Crippen MR) is 131 cm³/mol. The third-order valence-corrected chi connectivity index (χ3v) is 5.16. The number of hydrogen-bond acceptors (Lipinski definition) is 6. The minimum atomic E-state index is -0.472. The van der Waals surface area contributed by atoms with E-state index in [1.165, 1.54) is 18.2 Å². The number of benzene rings is 3. The molecule has 1 heterocycles. The molecule has 0 aliphatic heterocycles. The number of hydrogen-bond donors (Lipinski definition) is 3. The van der Waals surface area contributed by atoms with E-state index in [-0.39, 0.29) is 11.6 Å². The van der Waals surface area contributed by atoms with Crippen molar-refractivity contribution in [1.29, 1.82) is 0 Å². The summed E-state index contributed by atoms with van der Waals surface area (Å²) >= 11 is 0. The summed E-state index contributed by atoms with van der Waals surface area (Å²) in [4.78, 5) is 21.5. The molecule has 0 saturated carbocycles. The molecule has 0 bridgehead atoms. The van der Waals surface area contributed by atoms with Gasteiger partial charge in [0.2, 0.25) is 0 Å². The van der Waals surface area contributed by atoms with Crippen molar-refractivity contribution in [2.24, 2.45) is 0 Å². The maximum Gasteiger partial charge on any atom is 0.255 e. The summed E-state index contributed by atoms with van der Waals surface area (Å²) < 4.78 is 18.7. The van der Waals surface area contributed by atoms with Gasteiger partial charge in [-0.25, -0.2) is 14.4 Å². The van der Waals surface area contributed by atoms with E-state index in [2.05, 4.69) is 20.6 Å². The minimum Gasteiger partial charge on any atom is -0.497 e. The van der Waals surface area contributed by atoms with Gasteiger partial charge in [0.25, 0.3) is 5.91 Å². The lowest BCUT2D eigenvalue weighted by Gasteiger charge is -2.11. The molecule has 0 spiro atoms. The predicted octanol–water partition coefficient (Wildman–Crippen LogP) is 5.05. The zero-order valence-electron chi connectivity index (χ0n) is 18.8. The number of nitrogen functional groups attached to an aromatic ring is 1. The summed E-state index contributed by atoms with van der Waals surface area (Å²) in [5.74, 6) is 1.25. The van der Waals surface area contributed by atoms with Gasteiger partial charge in [-0.1, -0.05) is 24.3 Å². The van der Waals surface area contributed by atoms with Gasteiger partial charge in [-0.2, -0.15) is 0 Å². The second-order valence-corrected chi connectivity index (χ2v) is 7.65. The third kappa shape index (κ3) is 5.47. The number of amides is 1. The molecule has 1 aromatic heterocycles. The van der Waals surface area contributed by atoms with Crippen molar-refractivity contribution < 1.29 is 13.9 Å². The molecule has 4 rings (SSSR count). The maximum atomic E-state index is 13.4. The number of anilines is 3. The van der Waals surface area contributed by atoms with Crippen LogP contribution in [0.2, 0.25) is 0 Å². The Labute approximate surface area is 196 Å². The highest BCUT2D eigenvalue weighted by molar-refractivity contribution is 6.05. The van der Waals surface area contributed by atoms with Crippen LogP contribution in [0.5, 0.6) is 5.75 Å². The first kappa shape index (κ1) is 22.7. The van der Waals surface area contributed by atoms with E-state index < -0.39 is 5.82 Å². The molecule has 7 nitrogen and oxygen atoms in total. The fourth-order valence-corrected chi connectivity index (χ4v) is 3.39. The van der Waals surface area contributed by atoms with E-state index in [1.807, 2.05) is 49.4 Å². The average molecular weight is 458 g/mol. The van der Waals surface area contributed by atoms with E-state index in [0.717, 1.165) is 22.6 Å². The fourth-order valence-electron chi connectivity index (χ4n) is 3.39. The number of nitrogens with zero attached hydrogens (tertiary/aromatic N) is 2. The number of halogens is 1. The van der Waals surface area contributed by atoms with Crippen molar-refractivity contribution in [3.8, 4) is 17.0 Å². The number of ether oxygens (including phenoxy) is 1. The van der Waals surface area contributed by atoms with Crippen molar-refractivity contribution in [2.45, 2.75) is 13.5 Å². The molecule has 0 fully saturated rings. The molecule has 3 aromatic carbocycles. The molecule has 0 unspecified atom stereocenters. The van der Waals surface area contributed by atoms with Crippen LogP contribution < -0.4 is 21.1 Å². The van der Waals surface area contributed by atoms with Crippen LogP contribution in [0, 0.1) is 12.7 Å². The topological polar surface area (TPSA) is 102 Å². The highest BCUT2D eigenvalue weighted by Gasteiger charge is 2.10. The fraction of sp³-hybridized carbons (Fsp3) is 0.115. The number of carbonyl (C=O) groups is 1. The lowest BCUT2D eigenvalue weighted by molar-refractivity contribution is 0.102. The SMILES string of the molecule is COc1cccc(-c2cc(NCc3ccc(C(=O)Nc4cc(F)ccc4N)cc3)nc(C)n2)c1. The maximum absolute atomic E-state index is 13.4. The molecule has 0 atom stereocenters. The molecular formula is C26H24FN5O2. The first-order valence-electron chi connectivity index (χ1n) is 10.6. The van der Waals surface area contributed by atoms with Crippen molar-refractivity contribution in [1.82, 2.24) is 9.97 Å². The number of carbonyl (C=O) groups excluding carboxylic acids is 1. The number of aryl methyl sites for hydroxylation is 1. The van der Waals surface area contributed by atoms with E-state index in [0.29, 0.717) is 29.4 Å². The Hall–Kier alpha value is -4.46. The normalized spacial score (nSPS) is 10.6. The quantitative estimate of drug-likeness (QED) is 0.336. The molecule has 34 heavy (non-hydrogen) atoms. The smallest absolute Gasteiger partial charge is 0.255 e. The van der Waals surface area contributed by atoms with Gasteiger partial charge in [0, 0.05) is 23.7 Å². The standard InChI is InChI=1S/C26H24FN5O2/c1-16-30-23(19-4-3-5-21(12-19)34-2)14-25(31-16)29-15-17-6-8-18(9-7-17)26(33)32-24-13-20(27)10-11-22(24)28/h3-14H,15,28H2,1-2H3,(H,32,33)(H,29,30,31). The first-order valence-corrected chi connectivity index (χ1v) is 10.6. The van der Waals surface area contributed by atoms with E-state index >= 15 is 0 Å². The number of nitrogens with two attached hydrogens (primary N) is 1. The van der Waals surface area contributed by atoms with Gasteiger partial charge in [0.05, 0.1) is 24.2 Å². The van der Waals surface area contributed by atoms with Crippen LogP contribution in [0.15, 0.2) is 72.8 Å². The minimum absolute atomic E-state index is 0.238. The summed E-state index contributed by atoms with van der Waals surface area (Å²) in [5, 5.41) is 5.94. The zero-order valence-corrected chi connectivity index (χ0v) is 18.8.